The van der Waals surface area contributed by atoms with Gasteiger partial charge in [0.05, 0.1) is 17.4 Å². The fourth-order valence-electron chi connectivity index (χ4n) is 5.03. The Labute approximate surface area is 215 Å². The molecule has 0 fully saturated rings. The van der Waals surface area contributed by atoms with Gasteiger partial charge in [-0.25, -0.2) is 12.8 Å². The molecule has 0 bridgehead atoms. The van der Waals surface area contributed by atoms with Gasteiger partial charge in [-0.3, -0.25) is 9.59 Å². The Kier molecular flexibility index (Phi) is 7.08. The molecule has 0 N–H and O–H groups in total. The number of nitrogens with zero attached hydrogens (tertiary/aromatic N) is 2. The minimum Gasteiger partial charge on any atom is -0.456 e. The minimum absolute atomic E-state index is 0.0489. The molecule has 0 aromatic heterocycles. The quantitative estimate of drug-likeness (QED) is 0.462. The summed E-state index contributed by atoms with van der Waals surface area (Å²) in [5.74, 6) is -1.49. The second-order valence-electron chi connectivity index (χ2n) is 9.23. The molecule has 9 heteroatoms. The standard InChI is InChI=1S/C28H27FN2O5S/c29-23-9-11-24(12-10-23)37(34,35)31-16-14-21-6-3-4-8-25(21)26(31)17-28(33)36-19-27(32)30-15-13-20-5-1-2-7-22(20)18-30/h1-12,26H,13-19H2. The number of rotatable bonds is 6. The zero-order valence-corrected chi connectivity index (χ0v) is 21.0. The molecule has 2 aliphatic rings. The molecule has 3 aromatic rings. The number of sulfonamides is 1. The van der Waals surface area contributed by atoms with Gasteiger partial charge in [-0.1, -0.05) is 48.5 Å². The first-order valence-electron chi connectivity index (χ1n) is 12.2. The highest BCUT2D eigenvalue weighted by molar-refractivity contribution is 7.89. The van der Waals surface area contributed by atoms with Crippen molar-refractivity contribution in [3.05, 3.63) is 101 Å². The monoisotopic (exact) mass is 522 g/mol. The second kappa shape index (κ2) is 10.4. The van der Waals surface area contributed by atoms with Gasteiger partial charge in [0.2, 0.25) is 10.0 Å². The van der Waals surface area contributed by atoms with Crippen LogP contribution in [0.1, 0.15) is 34.7 Å². The maximum Gasteiger partial charge on any atom is 0.308 e. The lowest BCUT2D eigenvalue weighted by molar-refractivity contribution is -0.153. The fourth-order valence-corrected chi connectivity index (χ4v) is 6.63. The summed E-state index contributed by atoms with van der Waals surface area (Å²) in [5, 5.41) is 0. The average Bonchev–Trinajstić information content (AvgIpc) is 2.91. The van der Waals surface area contributed by atoms with Gasteiger partial charge in [0, 0.05) is 19.6 Å². The largest absolute Gasteiger partial charge is 0.456 e. The molecule has 0 aliphatic carbocycles. The van der Waals surface area contributed by atoms with E-state index in [0.717, 1.165) is 35.2 Å². The summed E-state index contributed by atoms with van der Waals surface area (Å²) in [6.07, 6.45) is 0.982. The average molecular weight is 523 g/mol. The first-order chi connectivity index (χ1) is 17.8. The van der Waals surface area contributed by atoms with E-state index in [-0.39, 0.29) is 23.8 Å². The fraction of sp³-hybridized carbons (Fsp3) is 0.286. The molecule has 7 nitrogen and oxygen atoms in total. The lowest BCUT2D eigenvalue weighted by Crippen LogP contribution is -2.41. The van der Waals surface area contributed by atoms with Crippen LogP contribution in [-0.4, -0.2) is 49.2 Å². The third-order valence-electron chi connectivity index (χ3n) is 6.98. The molecule has 2 heterocycles. The van der Waals surface area contributed by atoms with Gasteiger partial charge in [-0.2, -0.15) is 4.31 Å². The van der Waals surface area contributed by atoms with Crippen molar-refractivity contribution in [1.82, 2.24) is 9.21 Å². The number of hydrogen-bond acceptors (Lipinski definition) is 5. The smallest absolute Gasteiger partial charge is 0.308 e. The Morgan fingerprint density at radius 1 is 0.865 bits per heavy atom. The second-order valence-corrected chi connectivity index (χ2v) is 11.1. The van der Waals surface area contributed by atoms with Gasteiger partial charge in [0.25, 0.3) is 5.91 Å². The van der Waals surface area contributed by atoms with E-state index in [1.54, 1.807) is 17.0 Å². The van der Waals surface area contributed by atoms with Crippen LogP contribution in [0, 0.1) is 5.82 Å². The van der Waals surface area contributed by atoms with Crippen LogP contribution in [0.3, 0.4) is 0 Å². The van der Waals surface area contributed by atoms with Crippen molar-refractivity contribution >= 4 is 21.9 Å². The third-order valence-corrected chi connectivity index (χ3v) is 8.91. The van der Waals surface area contributed by atoms with Crippen LogP contribution in [-0.2, 0) is 43.7 Å². The van der Waals surface area contributed by atoms with Crippen LogP contribution >= 0.6 is 0 Å². The van der Waals surface area contributed by atoms with Gasteiger partial charge in [-0.05, 0) is 59.4 Å². The molecule has 5 rings (SSSR count). The number of fused-ring (bicyclic) bond motifs is 2. The lowest BCUT2D eigenvalue weighted by atomic mass is 9.92. The molecule has 1 unspecified atom stereocenters. The molecule has 37 heavy (non-hydrogen) atoms. The van der Waals surface area contributed by atoms with Gasteiger partial charge >= 0.3 is 5.97 Å². The van der Waals surface area contributed by atoms with Crippen molar-refractivity contribution in [3.8, 4) is 0 Å². The normalized spacial score (nSPS) is 17.5. The molecule has 3 aromatic carbocycles. The Balaban J connectivity index is 1.30. The molecule has 192 valence electrons. The molecular formula is C28H27FN2O5S. The number of carbonyl (C=O) groups is 2. The van der Waals surface area contributed by atoms with Crippen LogP contribution in [0.15, 0.2) is 77.7 Å². The summed E-state index contributed by atoms with van der Waals surface area (Å²) in [5.41, 5.74) is 3.96. The molecule has 0 saturated carbocycles. The van der Waals surface area contributed by atoms with Crippen molar-refractivity contribution in [2.45, 2.75) is 36.7 Å². The molecular weight excluding hydrogens is 495 g/mol. The number of carbonyl (C=O) groups excluding carboxylic acids is 2. The van der Waals surface area contributed by atoms with E-state index in [9.17, 15) is 22.4 Å². The van der Waals surface area contributed by atoms with Gasteiger partial charge in [0.15, 0.2) is 6.61 Å². The van der Waals surface area contributed by atoms with Crippen LogP contribution in [0.5, 0.6) is 0 Å². The number of ether oxygens (including phenoxy) is 1. The molecule has 0 spiro atoms. The molecule has 1 atom stereocenters. The molecule has 0 radical (unpaired) electrons. The van der Waals surface area contributed by atoms with Gasteiger partial charge in [-0.15, -0.1) is 0 Å². The van der Waals surface area contributed by atoms with Crippen molar-refractivity contribution in [3.63, 3.8) is 0 Å². The summed E-state index contributed by atoms with van der Waals surface area (Å²) in [6.45, 7) is 0.778. The summed E-state index contributed by atoms with van der Waals surface area (Å²) >= 11 is 0. The van der Waals surface area contributed by atoms with Crippen molar-refractivity contribution < 1.29 is 27.1 Å². The van der Waals surface area contributed by atoms with Gasteiger partial charge < -0.3 is 9.64 Å². The first kappa shape index (κ1) is 25.1. The highest BCUT2D eigenvalue weighted by atomic mass is 32.2. The summed E-state index contributed by atoms with van der Waals surface area (Å²) in [7, 11) is -4.01. The van der Waals surface area contributed by atoms with Gasteiger partial charge in [0.1, 0.15) is 5.82 Å². The Morgan fingerprint density at radius 2 is 1.51 bits per heavy atom. The number of benzene rings is 3. The maximum atomic E-state index is 13.5. The highest BCUT2D eigenvalue weighted by Gasteiger charge is 2.38. The van der Waals surface area contributed by atoms with E-state index < -0.39 is 34.5 Å². The van der Waals surface area contributed by atoms with Crippen LogP contribution in [0.4, 0.5) is 4.39 Å². The predicted octanol–water partition coefficient (Wildman–Crippen LogP) is 3.63. The first-order valence-corrected chi connectivity index (χ1v) is 13.6. The SMILES string of the molecule is O=C(CC1c2ccccc2CCN1S(=O)(=O)c1ccc(F)cc1)OCC(=O)N1CCc2ccccc2C1. The Hall–Kier alpha value is -3.56. The highest BCUT2D eigenvalue weighted by Crippen LogP contribution is 2.36. The van der Waals surface area contributed by atoms with Crippen molar-refractivity contribution in [2.75, 3.05) is 19.7 Å². The van der Waals surface area contributed by atoms with Crippen molar-refractivity contribution in [1.29, 1.82) is 0 Å². The van der Waals surface area contributed by atoms with E-state index in [4.69, 9.17) is 4.74 Å². The Morgan fingerprint density at radius 3 is 2.27 bits per heavy atom. The zero-order valence-electron chi connectivity index (χ0n) is 20.2. The minimum atomic E-state index is -4.01. The summed E-state index contributed by atoms with van der Waals surface area (Å²) in [6, 6.07) is 19.1. The number of amides is 1. The van der Waals surface area contributed by atoms with Crippen LogP contribution < -0.4 is 0 Å². The lowest BCUT2D eigenvalue weighted by Gasteiger charge is -2.36. The zero-order chi connectivity index (χ0) is 26.0. The third kappa shape index (κ3) is 5.28. The topological polar surface area (TPSA) is 84.0 Å². The van der Waals surface area contributed by atoms with E-state index in [1.165, 1.54) is 22.0 Å². The Bertz CT molecular complexity index is 1420. The van der Waals surface area contributed by atoms with E-state index in [1.807, 2.05) is 36.4 Å². The van der Waals surface area contributed by atoms with Crippen LogP contribution in [0.2, 0.25) is 0 Å². The maximum absolute atomic E-state index is 13.5. The summed E-state index contributed by atoms with van der Waals surface area (Å²) < 4.78 is 47.0. The summed E-state index contributed by atoms with van der Waals surface area (Å²) in [4.78, 5) is 27.3. The molecule has 0 saturated heterocycles. The number of halogens is 1. The number of hydrogen-bond donors (Lipinski definition) is 0. The van der Waals surface area contributed by atoms with Crippen LogP contribution in [0.25, 0.3) is 0 Å². The van der Waals surface area contributed by atoms with E-state index >= 15 is 0 Å². The molecule has 2 aliphatic heterocycles. The molecule has 1 amide bonds. The van der Waals surface area contributed by atoms with Crippen molar-refractivity contribution in [2.24, 2.45) is 0 Å². The van der Waals surface area contributed by atoms with E-state index in [0.29, 0.717) is 19.5 Å². The van der Waals surface area contributed by atoms with E-state index in [2.05, 4.69) is 0 Å². The predicted molar refractivity (Wildman–Crippen MR) is 134 cm³/mol. The number of esters is 1.